The van der Waals surface area contributed by atoms with Crippen molar-refractivity contribution < 1.29 is 33.4 Å². The highest BCUT2D eigenvalue weighted by Crippen LogP contribution is 2.34. The summed E-state index contributed by atoms with van der Waals surface area (Å²) < 4.78 is 11.7. The lowest BCUT2D eigenvalue weighted by Gasteiger charge is -2.26. The summed E-state index contributed by atoms with van der Waals surface area (Å²) in [4.78, 5) is 66.4. The van der Waals surface area contributed by atoms with Crippen LogP contribution in [0.2, 0.25) is 0 Å². The predicted octanol–water partition coefficient (Wildman–Crippen LogP) is 3.93. The number of hydrogen-bond donors (Lipinski definition) is 1. The number of carbonyl (C=O) groups is 5. The van der Waals surface area contributed by atoms with Gasteiger partial charge >= 0.3 is 6.03 Å². The summed E-state index contributed by atoms with van der Waals surface area (Å²) in [5, 5.41) is 2.18. The summed E-state index contributed by atoms with van der Waals surface area (Å²) in [5.74, 6) is -2.00. The molecule has 3 aromatic carbocycles. The number of anilines is 1. The second kappa shape index (κ2) is 10.2. The molecule has 6 amide bonds. The number of methoxy groups -OCH3 is 2. The number of hydrogen-bond acceptors (Lipinski definition) is 7. The predicted molar refractivity (Wildman–Crippen MR) is 143 cm³/mol. The van der Waals surface area contributed by atoms with Gasteiger partial charge in [-0.1, -0.05) is 28.1 Å². The van der Waals surface area contributed by atoms with Crippen molar-refractivity contribution in [2.45, 2.75) is 6.54 Å². The Balaban J connectivity index is 1.54. The number of carbonyl (C=O) groups excluding carboxylic acids is 5. The Morgan fingerprint density at radius 3 is 2.03 bits per heavy atom. The first-order valence-corrected chi connectivity index (χ1v) is 12.4. The number of benzene rings is 3. The normalized spacial score (nSPS) is 16.1. The number of nitrogens with one attached hydrogen (secondary N) is 1. The second-order valence-corrected chi connectivity index (χ2v) is 9.50. The molecule has 2 aliphatic heterocycles. The number of fused-ring (bicyclic) bond motifs is 1. The van der Waals surface area contributed by atoms with Crippen LogP contribution in [0.5, 0.6) is 11.5 Å². The summed E-state index contributed by atoms with van der Waals surface area (Å²) in [6.07, 6.45) is 1.29. The summed E-state index contributed by atoms with van der Waals surface area (Å²) in [7, 11) is 2.83. The minimum Gasteiger partial charge on any atom is -0.496 e. The number of nitrogens with zero attached hydrogens (tertiary/aromatic N) is 2. The highest BCUT2D eigenvalue weighted by atomic mass is 79.9. The zero-order valence-corrected chi connectivity index (χ0v) is 22.3. The molecule has 5 rings (SSSR count). The van der Waals surface area contributed by atoms with Crippen LogP contribution in [0.15, 0.2) is 70.7 Å². The Morgan fingerprint density at radius 1 is 0.821 bits per heavy atom. The number of urea groups is 1. The first-order valence-electron chi connectivity index (χ1n) is 11.6. The van der Waals surface area contributed by atoms with Gasteiger partial charge in [0.2, 0.25) is 0 Å². The van der Waals surface area contributed by atoms with Gasteiger partial charge < -0.3 is 9.47 Å². The van der Waals surface area contributed by atoms with Gasteiger partial charge in [-0.2, -0.15) is 0 Å². The van der Waals surface area contributed by atoms with E-state index in [1.165, 1.54) is 26.4 Å². The van der Waals surface area contributed by atoms with E-state index in [-0.39, 0.29) is 23.6 Å². The van der Waals surface area contributed by atoms with E-state index in [2.05, 4.69) is 21.2 Å². The Kier molecular flexibility index (Phi) is 6.75. The van der Waals surface area contributed by atoms with Crippen molar-refractivity contribution in [3.8, 4) is 11.5 Å². The molecule has 0 bridgehead atoms. The van der Waals surface area contributed by atoms with E-state index in [9.17, 15) is 24.0 Å². The Bertz CT molecular complexity index is 1560. The molecule has 1 fully saturated rings. The molecular formula is C28H20BrN3O7. The molecule has 0 atom stereocenters. The highest BCUT2D eigenvalue weighted by molar-refractivity contribution is 9.10. The molecule has 10 nitrogen and oxygen atoms in total. The van der Waals surface area contributed by atoms with Crippen molar-refractivity contribution in [3.05, 3.63) is 93.0 Å². The maximum atomic E-state index is 13.3. The van der Waals surface area contributed by atoms with Crippen molar-refractivity contribution in [2.75, 3.05) is 19.1 Å². The van der Waals surface area contributed by atoms with Crippen molar-refractivity contribution in [1.29, 1.82) is 0 Å². The van der Waals surface area contributed by atoms with Gasteiger partial charge in [0, 0.05) is 21.7 Å². The van der Waals surface area contributed by atoms with Crippen LogP contribution in [0.25, 0.3) is 6.08 Å². The fourth-order valence-corrected chi connectivity index (χ4v) is 4.68. The van der Waals surface area contributed by atoms with Gasteiger partial charge in [-0.25, -0.2) is 9.69 Å². The molecule has 0 aliphatic carbocycles. The number of halogens is 1. The van der Waals surface area contributed by atoms with Crippen LogP contribution in [0.4, 0.5) is 10.5 Å². The zero-order valence-electron chi connectivity index (χ0n) is 20.7. The van der Waals surface area contributed by atoms with E-state index in [1.54, 1.807) is 54.6 Å². The lowest BCUT2D eigenvalue weighted by Crippen LogP contribution is -2.54. The van der Waals surface area contributed by atoms with E-state index in [4.69, 9.17) is 9.47 Å². The quantitative estimate of drug-likeness (QED) is 0.262. The maximum absolute atomic E-state index is 13.3. The standard InChI is InChI=1S/C28H20BrN3O7/c1-38-22-13-23(39-2)16(14-31-25(34)19-5-3-4-6-20(19)26(31)35)11-15(22)12-21-24(33)30-28(37)32(27(21)36)18-9-7-17(29)8-10-18/h3-13H,14H2,1-2H3,(H,30,33,37). The molecule has 0 spiro atoms. The molecule has 0 saturated carbocycles. The van der Waals surface area contributed by atoms with Gasteiger partial charge in [0.1, 0.15) is 17.1 Å². The van der Waals surface area contributed by atoms with Gasteiger partial charge in [-0.15, -0.1) is 0 Å². The molecule has 39 heavy (non-hydrogen) atoms. The first-order chi connectivity index (χ1) is 18.7. The molecule has 3 aromatic rings. The van der Waals surface area contributed by atoms with Crippen molar-refractivity contribution >= 4 is 57.4 Å². The van der Waals surface area contributed by atoms with Crippen molar-refractivity contribution in [1.82, 2.24) is 10.2 Å². The van der Waals surface area contributed by atoms with E-state index in [0.29, 0.717) is 28.0 Å². The third kappa shape index (κ3) is 4.57. The Hall–Kier alpha value is -4.77. The molecule has 2 aliphatic rings. The average molecular weight is 590 g/mol. The largest absolute Gasteiger partial charge is 0.496 e. The van der Waals surface area contributed by atoms with Crippen molar-refractivity contribution in [2.24, 2.45) is 0 Å². The van der Waals surface area contributed by atoms with Crippen LogP contribution < -0.4 is 19.7 Å². The summed E-state index contributed by atoms with van der Waals surface area (Å²) >= 11 is 3.31. The van der Waals surface area contributed by atoms with Crippen molar-refractivity contribution in [3.63, 3.8) is 0 Å². The van der Waals surface area contributed by atoms with Crippen LogP contribution in [-0.2, 0) is 16.1 Å². The van der Waals surface area contributed by atoms with E-state index < -0.39 is 29.7 Å². The van der Waals surface area contributed by atoms with Crippen LogP contribution in [-0.4, -0.2) is 48.8 Å². The number of rotatable bonds is 6. The van der Waals surface area contributed by atoms with Crippen LogP contribution in [0, 0.1) is 0 Å². The van der Waals surface area contributed by atoms with Gasteiger partial charge in [-0.3, -0.25) is 29.4 Å². The monoisotopic (exact) mass is 589 g/mol. The number of ether oxygens (including phenoxy) is 2. The van der Waals surface area contributed by atoms with Gasteiger partial charge in [0.15, 0.2) is 0 Å². The third-order valence-electron chi connectivity index (χ3n) is 6.33. The van der Waals surface area contributed by atoms with E-state index in [1.807, 2.05) is 0 Å². The molecule has 1 N–H and O–H groups in total. The fourth-order valence-electron chi connectivity index (χ4n) is 4.42. The highest BCUT2D eigenvalue weighted by Gasteiger charge is 2.38. The van der Waals surface area contributed by atoms with E-state index in [0.717, 1.165) is 14.3 Å². The second-order valence-electron chi connectivity index (χ2n) is 8.58. The Labute approximate surface area is 230 Å². The maximum Gasteiger partial charge on any atom is 0.335 e. The average Bonchev–Trinajstić information content (AvgIpc) is 3.17. The van der Waals surface area contributed by atoms with E-state index >= 15 is 0 Å². The summed E-state index contributed by atoms with van der Waals surface area (Å²) in [6, 6.07) is 15.2. The molecule has 11 heteroatoms. The summed E-state index contributed by atoms with van der Waals surface area (Å²) in [6.45, 7) is -0.126. The SMILES string of the molecule is COc1cc(OC)c(CN2C(=O)c3ccccc3C2=O)cc1C=C1C(=O)NC(=O)N(c2ccc(Br)cc2)C1=O. The number of amides is 6. The smallest absolute Gasteiger partial charge is 0.335 e. The lowest BCUT2D eigenvalue weighted by molar-refractivity contribution is -0.122. The van der Waals surface area contributed by atoms with Gasteiger partial charge in [-0.05, 0) is 48.5 Å². The molecular weight excluding hydrogens is 570 g/mol. The van der Waals surface area contributed by atoms with Gasteiger partial charge in [0.05, 0.1) is 37.6 Å². The molecule has 1 saturated heterocycles. The van der Waals surface area contributed by atoms with Gasteiger partial charge in [0.25, 0.3) is 23.6 Å². The Morgan fingerprint density at radius 2 is 1.44 bits per heavy atom. The first kappa shape index (κ1) is 25.9. The molecule has 2 heterocycles. The van der Waals surface area contributed by atoms with Crippen LogP contribution in [0.1, 0.15) is 31.8 Å². The minimum absolute atomic E-state index is 0.126. The van der Waals surface area contributed by atoms with Crippen LogP contribution >= 0.6 is 15.9 Å². The lowest BCUT2D eigenvalue weighted by atomic mass is 10.0. The topological polar surface area (TPSA) is 122 Å². The number of barbiturate groups is 1. The fraction of sp³-hybridized carbons (Fsp3) is 0.107. The third-order valence-corrected chi connectivity index (χ3v) is 6.85. The zero-order chi connectivity index (χ0) is 27.8. The molecule has 0 unspecified atom stereocenters. The molecule has 0 aromatic heterocycles. The van der Waals surface area contributed by atoms with Crippen LogP contribution in [0.3, 0.4) is 0 Å². The summed E-state index contributed by atoms with van der Waals surface area (Å²) in [5.41, 5.74) is 1.30. The minimum atomic E-state index is -0.877. The molecule has 196 valence electrons. The number of imide groups is 3. The molecule has 0 radical (unpaired) electrons.